The summed E-state index contributed by atoms with van der Waals surface area (Å²) >= 11 is 0. The minimum atomic E-state index is -0.418. The fourth-order valence-corrected chi connectivity index (χ4v) is 2.29. The average Bonchev–Trinajstić information content (AvgIpc) is 2.76. The molecule has 1 saturated heterocycles. The van der Waals surface area contributed by atoms with E-state index < -0.39 is 5.82 Å². The van der Waals surface area contributed by atoms with Crippen LogP contribution < -0.4 is 10.2 Å². The van der Waals surface area contributed by atoms with Crippen LogP contribution in [0.3, 0.4) is 0 Å². The third kappa shape index (κ3) is 2.67. The van der Waals surface area contributed by atoms with Crippen LogP contribution in [0.15, 0.2) is 18.2 Å². The van der Waals surface area contributed by atoms with Gasteiger partial charge in [-0.25, -0.2) is 4.39 Å². The van der Waals surface area contributed by atoms with Crippen molar-refractivity contribution in [2.24, 2.45) is 0 Å². The first-order valence-corrected chi connectivity index (χ1v) is 5.87. The molecule has 2 rings (SSSR count). The first kappa shape index (κ1) is 12.5. The molecule has 1 aromatic rings. The summed E-state index contributed by atoms with van der Waals surface area (Å²) in [6.45, 7) is 2.88. The van der Waals surface area contributed by atoms with E-state index in [-0.39, 0.29) is 11.9 Å². The number of benzene rings is 1. The van der Waals surface area contributed by atoms with E-state index in [0.717, 1.165) is 18.7 Å². The molecule has 1 N–H and O–H groups in total. The molecule has 1 amide bonds. The van der Waals surface area contributed by atoms with E-state index in [1.165, 1.54) is 19.1 Å². The van der Waals surface area contributed by atoms with E-state index in [1.54, 1.807) is 6.07 Å². The maximum Gasteiger partial charge on any atom is 0.217 e. The maximum absolute atomic E-state index is 13.0. The second-order valence-corrected chi connectivity index (χ2v) is 4.45. The number of rotatable bonds is 3. The summed E-state index contributed by atoms with van der Waals surface area (Å²) in [5.41, 5.74) is 1.07. The van der Waals surface area contributed by atoms with Gasteiger partial charge in [-0.15, -0.1) is 0 Å². The number of nitrogens with one attached hydrogen (secondary N) is 1. The average molecular weight is 250 g/mol. The van der Waals surface area contributed by atoms with Gasteiger partial charge in [0.25, 0.3) is 0 Å². The van der Waals surface area contributed by atoms with Crippen molar-refractivity contribution in [2.75, 3.05) is 18.0 Å². The Hall–Kier alpha value is -1.91. The van der Waals surface area contributed by atoms with Crippen LogP contribution in [0, 0.1) is 5.82 Å². The molecule has 1 unspecified atom stereocenters. The molecule has 1 atom stereocenters. The number of carbonyl (C=O) groups excluding carboxylic acids is 2. The third-order valence-electron chi connectivity index (χ3n) is 3.05. The summed E-state index contributed by atoms with van der Waals surface area (Å²) in [4.78, 5) is 23.9. The number of carbonyl (C=O) groups is 2. The summed E-state index contributed by atoms with van der Waals surface area (Å²) in [6.07, 6.45) is 1.49. The highest BCUT2D eigenvalue weighted by atomic mass is 19.1. The van der Waals surface area contributed by atoms with Crippen LogP contribution in [-0.2, 0) is 4.79 Å². The van der Waals surface area contributed by atoms with E-state index in [9.17, 15) is 14.0 Å². The van der Waals surface area contributed by atoms with Gasteiger partial charge >= 0.3 is 0 Å². The van der Waals surface area contributed by atoms with Gasteiger partial charge in [0, 0.05) is 37.3 Å². The maximum atomic E-state index is 13.0. The Labute approximate surface area is 105 Å². The number of hydrogen-bond donors (Lipinski definition) is 1. The van der Waals surface area contributed by atoms with Crippen LogP contribution >= 0.6 is 0 Å². The number of halogens is 1. The molecule has 0 radical (unpaired) electrons. The highest BCUT2D eigenvalue weighted by molar-refractivity contribution is 5.84. The lowest BCUT2D eigenvalue weighted by Crippen LogP contribution is -2.35. The Morgan fingerprint density at radius 3 is 3.00 bits per heavy atom. The lowest BCUT2D eigenvalue weighted by Gasteiger charge is -2.20. The summed E-state index contributed by atoms with van der Waals surface area (Å²) in [6, 6.07) is 4.27. The second kappa shape index (κ2) is 5.16. The van der Waals surface area contributed by atoms with E-state index in [4.69, 9.17) is 0 Å². The zero-order chi connectivity index (χ0) is 13.1. The minimum Gasteiger partial charge on any atom is -0.369 e. The van der Waals surface area contributed by atoms with Crippen LogP contribution in [-0.4, -0.2) is 31.3 Å². The van der Waals surface area contributed by atoms with Crippen LogP contribution in [0.4, 0.5) is 10.1 Å². The fourth-order valence-electron chi connectivity index (χ4n) is 2.29. The van der Waals surface area contributed by atoms with E-state index in [1.807, 2.05) is 4.90 Å². The monoisotopic (exact) mass is 250 g/mol. The highest BCUT2D eigenvalue weighted by Gasteiger charge is 2.24. The predicted octanol–water partition coefficient (Wildman–Crippen LogP) is 1.35. The second-order valence-electron chi connectivity index (χ2n) is 4.45. The number of aldehydes is 1. The van der Waals surface area contributed by atoms with Crippen LogP contribution in [0.5, 0.6) is 0 Å². The van der Waals surface area contributed by atoms with E-state index in [0.29, 0.717) is 18.4 Å². The van der Waals surface area contributed by atoms with Crippen molar-refractivity contribution >= 4 is 17.9 Å². The van der Waals surface area contributed by atoms with Crippen molar-refractivity contribution < 1.29 is 14.0 Å². The summed E-state index contributed by atoms with van der Waals surface area (Å²) in [5, 5.41) is 2.85. The minimum absolute atomic E-state index is 0.0587. The molecule has 96 valence electrons. The van der Waals surface area contributed by atoms with E-state index in [2.05, 4.69) is 5.32 Å². The fraction of sp³-hybridized carbons (Fsp3) is 0.385. The van der Waals surface area contributed by atoms with Crippen LogP contribution in [0.1, 0.15) is 23.7 Å². The summed E-state index contributed by atoms with van der Waals surface area (Å²) in [5.74, 6) is -0.477. The van der Waals surface area contributed by atoms with Crippen LogP contribution in [0.25, 0.3) is 0 Å². The van der Waals surface area contributed by atoms with Crippen molar-refractivity contribution in [1.82, 2.24) is 5.32 Å². The lowest BCUT2D eigenvalue weighted by atomic mass is 10.1. The number of nitrogens with zero attached hydrogens (tertiary/aromatic N) is 1. The Morgan fingerprint density at radius 1 is 1.56 bits per heavy atom. The predicted molar refractivity (Wildman–Crippen MR) is 66.2 cm³/mol. The molecule has 4 nitrogen and oxygen atoms in total. The Balaban J connectivity index is 2.14. The van der Waals surface area contributed by atoms with Crippen molar-refractivity contribution in [3.05, 3.63) is 29.6 Å². The molecule has 1 fully saturated rings. The molecule has 1 aliphatic rings. The summed E-state index contributed by atoms with van der Waals surface area (Å²) in [7, 11) is 0. The Bertz CT molecular complexity index is 476. The topological polar surface area (TPSA) is 49.4 Å². The lowest BCUT2D eigenvalue weighted by molar-refractivity contribution is -0.119. The molecule has 5 heteroatoms. The highest BCUT2D eigenvalue weighted by Crippen LogP contribution is 2.24. The largest absolute Gasteiger partial charge is 0.369 e. The first-order valence-electron chi connectivity index (χ1n) is 5.87. The molecule has 1 aliphatic heterocycles. The van der Waals surface area contributed by atoms with Gasteiger partial charge in [-0.05, 0) is 24.6 Å². The van der Waals surface area contributed by atoms with Gasteiger partial charge in [-0.2, -0.15) is 0 Å². The summed E-state index contributed by atoms with van der Waals surface area (Å²) < 4.78 is 13.0. The molecule has 1 heterocycles. The quantitative estimate of drug-likeness (QED) is 0.824. The van der Waals surface area contributed by atoms with Crippen molar-refractivity contribution in [1.29, 1.82) is 0 Å². The first-order chi connectivity index (χ1) is 8.60. The Kier molecular flexibility index (Phi) is 3.60. The van der Waals surface area contributed by atoms with Crippen molar-refractivity contribution in [3.8, 4) is 0 Å². The zero-order valence-electron chi connectivity index (χ0n) is 10.1. The standard InChI is InChI=1S/C13H15FN2O2/c1-9(18)15-12-4-5-16(7-12)13-3-2-11(14)6-10(13)8-17/h2-3,6,8,12H,4-5,7H2,1H3,(H,15,18). The zero-order valence-corrected chi connectivity index (χ0v) is 10.1. The van der Waals surface area contributed by atoms with Gasteiger partial charge in [0.05, 0.1) is 0 Å². The smallest absolute Gasteiger partial charge is 0.217 e. The molecule has 0 bridgehead atoms. The number of hydrogen-bond acceptors (Lipinski definition) is 3. The van der Waals surface area contributed by atoms with Crippen LogP contribution in [0.2, 0.25) is 0 Å². The third-order valence-corrected chi connectivity index (χ3v) is 3.05. The van der Waals surface area contributed by atoms with Gasteiger partial charge in [-0.1, -0.05) is 0 Å². The van der Waals surface area contributed by atoms with Gasteiger partial charge in [0.2, 0.25) is 5.91 Å². The Morgan fingerprint density at radius 2 is 2.33 bits per heavy atom. The molecular weight excluding hydrogens is 235 g/mol. The molecular formula is C13H15FN2O2. The molecule has 0 spiro atoms. The molecule has 0 aromatic heterocycles. The molecule has 18 heavy (non-hydrogen) atoms. The molecule has 0 aliphatic carbocycles. The number of anilines is 1. The van der Waals surface area contributed by atoms with Gasteiger partial charge in [0.15, 0.2) is 6.29 Å². The van der Waals surface area contributed by atoms with Crippen molar-refractivity contribution in [2.45, 2.75) is 19.4 Å². The molecule has 0 saturated carbocycles. The van der Waals surface area contributed by atoms with Crippen molar-refractivity contribution in [3.63, 3.8) is 0 Å². The number of amides is 1. The SMILES string of the molecule is CC(=O)NC1CCN(c2ccc(F)cc2C=O)C1. The normalized spacial score (nSPS) is 18.8. The molecule has 1 aromatic carbocycles. The van der Waals surface area contributed by atoms with Gasteiger partial charge < -0.3 is 10.2 Å². The van der Waals surface area contributed by atoms with Gasteiger partial charge in [-0.3, -0.25) is 9.59 Å². The van der Waals surface area contributed by atoms with Gasteiger partial charge in [0.1, 0.15) is 5.82 Å². The van der Waals surface area contributed by atoms with E-state index >= 15 is 0 Å².